The first-order chi connectivity index (χ1) is 15.2. The molecule has 0 radical (unpaired) electrons. The van der Waals surface area contributed by atoms with Crippen LogP contribution in [-0.2, 0) is 16.1 Å². The number of esters is 1. The van der Waals surface area contributed by atoms with Crippen molar-refractivity contribution in [2.75, 3.05) is 18.1 Å². The summed E-state index contributed by atoms with van der Waals surface area (Å²) in [6.07, 6.45) is 0. The van der Waals surface area contributed by atoms with Crippen molar-refractivity contribution in [3.63, 3.8) is 0 Å². The van der Waals surface area contributed by atoms with Gasteiger partial charge >= 0.3 is 5.97 Å². The minimum atomic E-state index is -0.532. The molecule has 0 saturated carbocycles. The number of ether oxygens (including phenoxy) is 1. The quantitative estimate of drug-likeness (QED) is 0.431. The van der Waals surface area contributed by atoms with Gasteiger partial charge in [-0.1, -0.05) is 47.7 Å². The average Bonchev–Trinajstić information content (AvgIpc) is 3.22. The lowest BCUT2D eigenvalue weighted by molar-refractivity contribution is -0.121. The summed E-state index contributed by atoms with van der Waals surface area (Å²) in [4.78, 5) is 26.4. The van der Waals surface area contributed by atoms with Crippen LogP contribution in [0.1, 0.15) is 22.8 Å². The van der Waals surface area contributed by atoms with E-state index in [2.05, 4.69) is 10.3 Å². The van der Waals surface area contributed by atoms with E-state index in [1.54, 1.807) is 17.0 Å². The molecule has 0 aliphatic heterocycles. The molecular formula is C24H22N4O3. The van der Waals surface area contributed by atoms with Crippen LogP contribution in [0.25, 0.3) is 11.0 Å². The molecule has 4 aromatic rings. The SMILES string of the molecule is CCN(C(=O)COC(=O)c1ccc(Cn2nnc3ccccc32)cc1)c1ccccc1. The van der Waals surface area contributed by atoms with E-state index < -0.39 is 5.97 Å². The molecule has 1 amide bonds. The average molecular weight is 414 g/mol. The van der Waals surface area contributed by atoms with Gasteiger partial charge in [0.1, 0.15) is 5.52 Å². The van der Waals surface area contributed by atoms with Gasteiger partial charge in [0, 0.05) is 12.2 Å². The van der Waals surface area contributed by atoms with E-state index in [4.69, 9.17) is 4.74 Å². The summed E-state index contributed by atoms with van der Waals surface area (Å²) >= 11 is 0. The second-order valence-corrected chi connectivity index (χ2v) is 6.98. The molecule has 156 valence electrons. The monoisotopic (exact) mass is 414 g/mol. The number of aromatic nitrogens is 3. The number of anilines is 1. The van der Waals surface area contributed by atoms with Crippen LogP contribution in [0.2, 0.25) is 0 Å². The first-order valence-corrected chi connectivity index (χ1v) is 10.1. The summed E-state index contributed by atoms with van der Waals surface area (Å²) in [6, 6.07) is 24.1. The van der Waals surface area contributed by atoms with Gasteiger partial charge in [-0.25, -0.2) is 9.48 Å². The van der Waals surface area contributed by atoms with Gasteiger partial charge in [0.05, 0.1) is 17.6 Å². The molecule has 7 heteroatoms. The van der Waals surface area contributed by atoms with E-state index >= 15 is 0 Å². The highest BCUT2D eigenvalue weighted by molar-refractivity contribution is 5.97. The van der Waals surface area contributed by atoms with Crippen LogP contribution in [0.3, 0.4) is 0 Å². The predicted molar refractivity (Wildman–Crippen MR) is 118 cm³/mol. The van der Waals surface area contributed by atoms with E-state index in [-0.39, 0.29) is 12.5 Å². The Morgan fingerprint density at radius 3 is 2.39 bits per heavy atom. The van der Waals surface area contributed by atoms with Crippen molar-refractivity contribution >= 4 is 28.6 Å². The number of para-hydroxylation sites is 2. The standard InChI is InChI=1S/C24H22N4O3/c1-2-27(20-8-4-3-5-9-20)23(29)17-31-24(30)19-14-12-18(13-15-19)16-28-22-11-7-6-10-21(22)25-26-28/h3-15H,2,16-17H2,1H3. The zero-order valence-corrected chi connectivity index (χ0v) is 17.1. The molecule has 0 aliphatic rings. The van der Waals surface area contributed by atoms with Gasteiger partial charge in [-0.05, 0) is 48.9 Å². The Kier molecular flexibility index (Phi) is 6.03. The number of hydrogen-bond acceptors (Lipinski definition) is 5. The number of hydrogen-bond donors (Lipinski definition) is 0. The first kappa shape index (κ1) is 20.3. The van der Waals surface area contributed by atoms with E-state index in [9.17, 15) is 9.59 Å². The Bertz CT molecular complexity index is 1190. The molecule has 0 unspecified atom stereocenters. The molecule has 1 aromatic heterocycles. The zero-order valence-electron chi connectivity index (χ0n) is 17.1. The third kappa shape index (κ3) is 4.61. The highest BCUT2D eigenvalue weighted by Gasteiger charge is 2.17. The van der Waals surface area contributed by atoms with Gasteiger partial charge < -0.3 is 9.64 Å². The fourth-order valence-corrected chi connectivity index (χ4v) is 3.35. The number of carbonyl (C=O) groups is 2. The topological polar surface area (TPSA) is 77.3 Å². The Balaban J connectivity index is 1.36. The molecule has 0 aliphatic carbocycles. The molecule has 0 fully saturated rings. The second-order valence-electron chi connectivity index (χ2n) is 6.98. The number of likely N-dealkylation sites (N-methyl/N-ethyl adjacent to an activating group) is 1. The van der Waals surface area contributed by atoms with Crippen LogP contribution >= 0.6 is 0 Å². The van der Waals surface area contributed by atoms with E-state index in [1.165, 1.54) is 0 Å². The van der Waals surface area contributed by atoms with Crippen molar-refractivity contribution in [3.05, 3.63) is 90.0 Å². The Morgan fingerprint density at radius 2 is 1.65 bits per heavy atom. The lowest BCUT2D eigenvalue weighted by atomic mass is 10.1. The largest absolute Gasteiger partial charge is 0.452 e. The Hall–Kier alpha value is -4.00. The molecule has 4 rings (SSSR count). The van der Waals surface area contributed by atoms with E-state index in [0.717, 1.165) is 22.3 Å². The Morgan fingerprint density at radius 1 is 0.935 bits per heavy atom. The van der Waals surface area contributed by atoms with Gasteiger partial charge in [0.15, 0.2) is 6.61 Å². The Labute approximate surface area is 179 Å². The molecule has 31 heavy (non-hydrogen) atoms. The summed E-state index contributed by atoms with van der Waals surface area (Å²) in [5, 5.41) is 8.33. The third-order valence-corrected chi connectivity index (χ3v) is 4.95. The van der Waals surface area contributed by atoms with Crippen LogP contribution in [0.5, 0.6) is 0 Å². The summed E-state index contributed by atoms with van der Waals surface area (Å²) in [5.41, 5.74) is 3.93. The smallest absolute Gasteiger partial charge is 0.338 e. The minimum Gasteiger partial charge on any atom is -0.452 e. The molecular weight excluding hydrogens is 392 g/mol. The van der Waals surface area contributed by atoms with Gasteiger partial charge in [-0.3, -0.25) is 4.79 Å². The normalized spacial score (nSPS) is 10.7. The molecule has 3 aromatic carbocycles. The number of rotatable bonds is 7. The van der Waals surface area contributed by atoms with Crippen molar-refractivity contribution in [3.8, 4) is 0 Å². The molecule has 7 nitrogen and oxygen atoms in total. The number of nitrogens with zero attached hydrogens (tertiary/aromatic N) is 4. The van der Waals surface area contributed by atoms with Gasteiger partial charge in [0.25, 0.3) is 5.91 Å². The summed E-state index contributed by atoms with van der Waals surface area (Å²) < 4.78 is 7.05. The van der Waals surface area contributed by atoms with Crippen molar-refractivity contribution in [1.82, 2.24) is 15.0 Å². The molecule has 0 spiro atoms. The fourth-order valence-electron chi connectivity index (χ4n) is 3.35. The third-order valence-electron chi connectivity index (χ3n) is 4.95. The van der Waals surface area contributed by atoms with Crippen molar-refractivity contribution in [2.45, 2.75) is 13.5 Å². The molecule has 0 bridgehead atoms. The summed E-state index contributed by atoms with van der Waals surface area (Å²) in [7, 11) is 0. The highest BCUT2D eigenvalue weighted by Crippen LogP contribution is 2.15. The maximum absolute atomic E-state index is 12.5. The van der Waals surface area contributed by atoms with Gasteiger partial charge in [-0.2, -0.15) is 0 Å². The van der Waals surface area contributed by atoms with E-state index in [0.29, 0.717) is 18.7 Å². The van der Waals surface area contributed by atoms with Crippen LogP contribution in [0, 0.1) is 0 Å². The lowest BCUT2D eigenvalue weighted by Crippen LogP contribution is -2.34. The van der Waals surface area contributed by atoms with Crippen LogP contribution < -0.4 is 4.90 Å². The fraction of sp³-hybridized carbons (Fsp3) is 0.167. The molecule has 1 heterocycles. The van der Waals surface area contributed by atoms with Crippen molar-refractivity contribution in [1.29, 1.82) is 0 Å². The lowest BCUT2D eigenvalue weighted by Gasteiger charge is -2.20. The van der Waals surface area contributed by atoms with Crippen LogP contribution in [0.15, 0.2) is 78.9 Å². The predicted octanol–water partition coefficient (Wildman–Crippen LogP) is 3.69. The number of benzene rings is 3. The number of fused-ring (bicyclic) bond motifs is 1. The maximum atomic E-state index is 12.5. The molecule has 0 saturated heterocycles. The van der Waals surface area contributed by atoms with Crippen LogP contribution in [0.4, 0.5) is 5.69 Å². The molecule has 0 atom stereocenters. The summed E-state index contributed by atoms with van der Waals surface area (Å²) in [6.45, 7) is 2.60. The van der Waals surface area contributed by atoms with Gasteiger partial charge in [-0.15, -0.1) is 5.10 Å². The zero-order chi connectivity index (χ0) is 21.6. The summed E-state index contributed by atoms with van der Waals surface area (Å²) in [5.74, 6) is -0.799. The molecule has 0 N–H and O–H groups in total. The van der Waals surface area contributed by atoms with E-state index in [1.807, 2.05) is 78.3 Å². The maximum Gasteiger partial charge on any atom is 0.338 e. The number of amides is 1. The second kappa shape index (κ2) is 9.21. The van der Waals surface area contributed by atoms with Crippen LogP contribution in [-0.4, -0.2) is 40.0 Å². The first-order valence-electron chi connectivity index (χ1n) is 10.1. The van der Waals surface area contributed by atoms with Gasteiger partial charge in [0.2, 0.25) is 0 Å². The highest BCUT2D eigenvalue weighted by atomic mass is 16.5. The minimum absolute atomic E-state index is 0.267. The van der Waals surface area contributed by atoms with Crippen molar-refractivity contribution in [2.24, 2.45) is 0 Å². The number of carbonyl (C=O) groups excluding carboxylic acids is 2. The van der Waals surface area contributed by atoms with Crippen molar-refractivity contribution < 1.29 is 14.3 Å².